The molecule has 4 heteroatoms. The summed E-state index contributed by atoms with van der Waals surface area (Å²) in [7, 11) is -1.04. The Morgan fingerprint density at radius 3 is 1.71 bits per heavy atom. The lowest BCUT2D eigenvalue weighted by Gasteiger charge is -1.84. The van der Waals surface area contributed by atoms with Crippen molar-refractivity contribution >= 4 is 7.12 Å². The van der Waals surface area contributed by atoms with Crippen LogP contribution >= 0.6 is 0 Å². The van der Waals surface area contributed by atoms with Crippen LogP contribution in [0.3, 0.4) is 0 Å². The van der Waals surface area contributed by atoms with Crippen molar-refractivity contribution in [2.24, 2.45) is 0 Å². The molecule has 7 heavy (non-hydrogen) atoms. The molecule has 0 saturated heterocycles. The molecule has 1 saturated carbocycles. The van der Waals surface area contributed by atoms with Gasteiger partial charge in [0, 0.05) is 0 Å². The first-order chi connectivity index (χ1) is 2.80. The van der Waals surface area contributed by atoms with Crippen molar-refractivity contribution < 1.29 is 15.5 Å². The molecule has 0 bridgehead atoms. The third-order valence-electron chi connectivity index (χ3n) is 1.04. The van der Waals surface area contributed by atoms with Gasteiger partial charge < -0.3 is 15.5 Å². The molecule has 1 rings (SSSR count). The van der Waals surface area contributed by atoms with Crippen molar-refractivity contribution in [3.63, 3.8) is 0 Å². The first-order valence-corrected chi connectivity index (χ1v) is 2.17. The Kier molecular flexibility index (Phi) is 2.28. The molecule has 0 aromatic heterocycles. The second-order valence-corrected chi connectivity index (χ2v) is 1.75. The molecule has 0 atom stereocenters. The predicted molar refractivity (Wildman–Crippen MR) is 26.8 cm³/mol. The summed E-state index contributed by atoms with van der Waals surface area (Å²) in [5.74, 6) is 0.213. The molecule has 0 aliphatic heterocycles. The molecule has 0 radical (unpaired) electrons. The van der Waals surface area contributed by atoms with E-state index in [1.165, 1.54) is 0 Å². The van der Waals surface area contributed by atoms with Crippen molar-refractivity contribution in [2.75, 3.05) is 0 Å². The smallest absolute Gasteiger partial charge is 0.427 e. The third kappa shape index (κ3) is 1.92. The summed E-state index contributed by atoms with van der Waals surface area (Å²) in [5.41, 5.74) is 0. The minimum Gasteiger partial charge on any atom is -0.427 e. The fraction of sp³-hybridized carbons (Fsp3) is 1.00. The molecular formula is C3H9BO3. The van der Waals surface area contributed by atoms with Crippen LogP contribution in [-0.2, 0) is 0 Å². The van der Waals surface area contributed by atoms with Crippen LogP contribution in [0.4, 0.5) is 0 Å². The van der Waals surface area contributed by atoms with Crippen LogP contribution in [-0.4, -0.2) is 22.6 Å². The van der Waals surface area contributed by atoms with E-state index in [0.29, 0.717) is 0 Å². The van der Waals surface area contributed by atoms with Gasteiger partial charge in [-0.2, -0.15) is 0 Å². The SMILES string of the molecule is O.OB(O)C1CC1. The molecule has 1 aliphatic rings. The van der Waals surface area contributed by atoms with E-state index in [2.05, 4.69) is 0 Å². The van der Waals surface area contributed by atoms with Gasteiger partial charge in [0.1, 0.15) is 0 Å². The van der Waals surface area contributed by atoms with Crippen molar-refractivity contribution in [3.8, 4) is 0 Å². The summed E-state index contributed by atoms with van der Waals surface area (Å²) < 4.78 is 0. The first kappa shape index (κ1) is 6.94. The molecule has 3 nitrogen and oxygen atoms in total. The fourth-order valence-electron chi connectivity index (χ4n) is 0.394. The van der Waals surface area contributed by atoms with Gasteiger partial charge in [0.25, 0.3) is 0 Å². The van der Waals surface area contributed by atoms with Crippen molar-refractivity contribution in [3.05, 3.63) is 0 Å². The molecule has 42 valence electrons. The molecule has 0 heterocycles. The maximum atomic E-state index is 8.25. The molecule has 4 N–H and O–H groups in total. The summed E-state index contributed by atoms with van der Waals surface area (Å²) in [6.45, 7) is 0. The van der Waals surface area contributed by atoms with Crippen LogP contribution < -0.4 is 0 Å². The van der Waals surface area contributed by atoms with Gasteiger partial charge in [0.05, 0.1) is 0 Å². The van der Waals surface area contributed by atoms with Crippen LogP contribution in [0, 0.1) is 0 Å². The predicted octanol–water partition coefficient (Wildman–Crippen LogP) is -1.20. The van der Waals surface area contributed by atoms with E-state index in [4.69, 9.17) is 10.0 Å². The summed E-state index contributed by atoms with van der Waals surface area (Å²) >= 11 is 0. The first-order valence-electron chi connectivity index (χ1n) is 2.17. The standard InChI is InChI=1S/C3H7BO2.H2O/c5-4(6)3-1-2-3;/h3,5-6H,1-2H2;1H2. The summed E-state index contributed by atoms with van der Waals surface area (Å²) in [5, 5.41) is 16.5. The molecule has 1 aliphatic carbocycles. The molecule has 0 amide bonds. The Morgan fingerprint density at radius 2 is 1.71 bits per heavy atom. The van der Waals surface area contributed by atoms with Gasteiger partial charge in [-0.15, -0.1) is 0 Å². The Bertz CT molecular complexity index is 52.1. The Morgan fingerprint density at radius 1 is 1.29 bits per heavy atom. The number of rotatable bonds is 1. The summed E-state index contributed by atoms with van der Waals surface area (Å²) in [4.78, 5) is 0. The highest BCUT2D eigenvalue weighted by Gasteiger charge is 2.33. The zero-order valence-corrected chi connectivity index (χ0v) is 3.96. The van der Waals surface area contributed by atoms with Crippen LogP contribution in [0.5, 0.6) is 0 Å². The lowest BCUT2D eigenvalue weighted by molar-refractivity contribution is 0.403. The number of hydrogen-bond donors (Lipinski definition) is 2. The second-order valence-electron chi connectivity index (χ2n) is 1.75. The highest BCUT2D eigenvalue weighted by atomic mass is 16.4. The molecule has 0 aromatic carbocycles. The average molecular weight is 104 g/mol. The third-order valence-corrected chi connectivity index (χ3v) is 1.04. The Labute approximate surface area is 42.4 Å². The van der Waals surface area contributed by atoms with Gasteiger partial charge >= 0.3 is 7.12 Å². The van der Waals surface area contributed by atoms with E-state index < -0.39 is 7.12 Å². The topological polar surface area (TPSA) is 72.0 Å². The average Bonchev–Trinajstić information content (AvgIpc) is 2.06. The van der Waals surface area contributed by atoms with Crippen molar-refractivity contribution in [1.82, 2.24) is 0 Å². The Balaban J connectivity index is 0.000000360. The van der Waals surface area contributed by atoms with E-state index in [9.17, 15) is 0 Å². The van der Waals surface area contributed by atoms with Crippen LogP contribution in [0.1, 0.15) is 12.8 Å². The van der Waals surface area contributed by atoms with Gasteiger partial charge in [-0.3, -0.25) is 0 Å². The van der Waals surface area contributed by atoms with Crippen molar-refractivity contribution in [2.45, 2.75) is 18.7 Å². The van der Waals surface area contributed by atoms with Gasteiger partial charge in [0.15, 0.2) is 0 Å². The van der Waals surface area contributed by atoms with Gasteiger partial charge in [0.2, 0.25) is 0 Å². The van der Waals surface area contributed by atoms with E-state index in [1.54, 1.807) is 0 Å². The minimum atomic E-state index is -1.04. The zero-order valence-electron chi connectivity index (χ0n) is 3.96. The lowest BCUT2D eigenvalue weighted by Crippen LogP contribution is -2.09. The maximum absolute atomic E-state index is 8.25. The lowest BCUT2D eigenvalue weighted by atomic mass is 9.84. The molecular weight excluding hydrogens is 94.8 g/mol. The van der Waals surface area contributed by atoms with Gasteiger partial charge in [-0.05, 0) is 5.82 Å². The quantitative estimate of drug-likeness (QED) is 0.410. The second kappa shape index (κ2) is 2.30. The van der Waals surface area contributed by atoms with E-state index >= 15 is 0 Å². The monoisotopic (exact) mass is 104 g/mol. The molecule has 1 fully saturated rings. The molecule has 0 unspecified atom stereocenters. The largest absolute Gasteiger partial charge is 0.454 e. The van der Waals surface area contributed by atoms with Crippen LogP contribution in [0.15, 0.2) is 0 Å². The zero-order chi connectivity index (χ0) is 4.57. The fourth-order valence-corrected chi connectivity index (χ4v) is 0.394. The summed E-state index contributed by atoms with van der Waals surface area (Å²) in [6.07, 6.45) is 2.00. The van der Waals surface area contributed by atoms with E-state index in [0.717, 1.165) is 12.8 Å². The van der Waals surface area contributed by atoms with E-state index in [1.807, 2.05) is 0 Å². The Hall–Kier alpha value is -0.0551. The maximum Gasteiger partial charge on any atom is 0.454 e. The highest BCUT2D eigenvalue weighted by molar-refractivity contribution is 6.44. The molecule has 0 aromatic rings. The normalized spacial score (nSPS) is 18.0. The molecule has 0 spiro atoms. The summed E-state index contributed by atoms with van der Waals surface area (Å²) in [6, 6.07) is 0. The minimum absolute atomic E-state index is 0. The van der Waals surface area contributed by atoms with Crippen molar-refractivity contribution in [1.29, 1.82) is 0 Å². The number of hydrogen-bond acceptors (Lipinski definition) is 2. The van der Waals surface area contributed by atoms with Gasteiger partial charge in [-0.25, -0.2) is 0 Å². The van der Waals surface area contributed by atoms with Crippen LogP contribution in [0.2, 0.25) is 5.82 Å². The van der Waals surface area contributed by atoms with Crippen LogP contribution in [0.25, 0.3) is 0 Å². The van der Waals surface area contributed by atoms with E-state index in [-0.39, 0.29) is 11.3 Å². The van der Waals surface area contributed by atoms with Gasteiger partial charge in [-0.1, -0.05) is 12.8 Å². The highest BCUT2D eigenvalue weighted by Crippen LogP contribution is 2.36.